The third-order valence-corrected chi connectivity index (χ3v) is 6.01. The zero-order chi connectivity index (χ0) is 28.0. The molecule has 2 atom stereocenters. The quantitative estimate of drug-likeness (QED) is 0.331. The smallest absolute Gasteiger partial charge is 0.305 e. The number of rotatable bonds is 11. The zero-order valence-electron chi connectivity index (χ0n) is 20.3. The van der Waals surface area contributed by atoms with Gasteiger partial charge in [0.15, 0.2) is 23.2 Å². The van der Waals surface area contributed by atoms with E-state index in [4.69, 9.17) is 5.11 Å². The van der Waals surface area contributed by atoms with Crippen LogP contribution >= 0.6 is 0 Å². The van der Waals surface area contributed by atoms with Crippen LogP contribution in [0.15, 0.2) is 36.4 Å². The molecular formula is C25H25F4N3O6. The van der Waals surface area contributed by atoms with Gasteiger partial charge in [0.05, 0.1) is 19.0 Å². The van der Waals surface area contributed by atoms with Gasteiger partial charge in [0.2, 0.25) is 23.4 Å². The molecule has 1 fully saturated rings. The van der Waals surface area contributed by atoms with Crippen molar-refractivity contribution in [3.05, 3.63) is 65.2 Å². The van der Waals surface area contributed by atoms with Crippen LogP contribution in [0.1, 0.15) is 18.9 Å². The molecule has 2 aromatic carbocycles. The van der Waals surface area contributed by atoms with Gasteiger partial charge in [-0.25, -0.2) is 8.78 Å². The summed E-state index contributed by atoms with van der Waals surface area (Å²) in [6.45, 7) is 1.26. The van der Waals surface area contributed by atoms with Gasteiger partial charge in [-0.2, -0.15) is 8.78 Å². The Morgan fingerprint density at radius 1 is 1.05 bits per heavy atom. The molecule has 13 heteroatoms. The number of hydrogen-bond donors (Lipinski definition) is 2. The first-order chi connectivity index (χ1) is 18.0. The number of carbonyl (C=O) groups is 4. The summed E-state index contributed by atoms with van der Waals surface area (Å²) in [5.74, 6) is -12.3. The lowest BCUT2D eigenvalue weighted by molar-refractivity contribution is -0.142. The van der Waals surface area contributed by atoms with E-state index in [0.717, 1.165) is 5.56 Å². The molecule has 0 saturated carbocycles. The molecule has 0 radical (unpaired) electrons. The normalized spacial score (nSPS) is 15.6. The molecule has 38 heavy (non-hydrogen) atoms. The van der Waals surface area contributed by atoms with Crippen molar-refractivity contribution in [2.75, 3.05) is 26.2 Å². The second kappa shape index (κ2) is 12.5. The first kappa shape index (κ1) is 28.6. The highest BCUT2D eigenvalue weighted by Crippen LogP contribution is 2.26. The van der Waals surface area contributed by atoms with Crippen LogP contribution in [-0.2, 0) is 25.7 Å². The van der Waals surface area contributed by atoms with Crippen molar-refractivity contribution < 1.29 is 46.6 Å². The fraction of sp³-hybridized carbons (Fsp3) is 0.360. The summed E-state index contributed by atoms with van der Waals surface area (Å²) in [5.41, 5.74) is 0.943. The average molecular weight is 539 g/mol. The summed E-state index contributed by atoms with van der Waals surface area (Å²) >= 11 is 0. The standard InChI is InChI=1S/C25H25F4N3O6/c1-14(31-7-8-32(20(34)12-31)11-15-5-3-2-4-6-15)25(37)30-18(10-21(35)36)19(33)13-38-24-22(28)16(26)9-17(27)23(24)29/h2-6,9,14,18H,7-8,10-13H2,1H3,(H,30,37)(H,35,36)/t14-,18-/m0/s1. The molecule has 1 aliphatic heterocycles. The Hall–Kier alpha value is -4.00. The molecule has 3 rings (SSSR count). The number of nitrogens with zero attached hydrogens (tertiary/aromatic N) is 2. The maximum absolute atomic E-state index is 13.8. The first-order valence-corrected chi connectivity index (χ1v) is 11.5. The predicted octanol–water partition coefficient (Wildman–Crippen LogP) is 1.88. The number of carboxylic acids is 1. The summed E-state index contributed by atoms with van der Waals surface area (Å²) in [7, 11) is 0. The van der Waals surface area contributed by atoms with E-state index >= 15 is 0 Å². The van der Waals surface area contributed by atoms with Crippen LogP contribution in [0.4, 0.5) is 17.6 Å². The second-order valence-electron chi connectivity index (χ2n) is 8.66. The van der Waals surface area contributed by atoms with Gasteiger partial charge >= 0.3 is 5.97 Å². The number of Topliss-reactive ketones (excluding diaryl/α,β-unsaturated/α-hetero) is 1. The van der Waals surface area contributed by atoms with E-state index in [2.05, 4.69) is 10.1 Å². The van der Waals surface area contributed by atoms with Crippen LogP contribution in [0, 0.1) is 23.3 Å². The Bertz CT molecular complexity index is 1190. The Morgan fingerprint density at radius 3 is 2.26 bits per heavy atom. The van der Waals surface area contributed by atoms with Gasteiger partial charge in [0.25, 0.3) is 0 Å². The van der Waals surface area contributed by atoms with Crippen LogP contribution in [0.5, 0.6) is 5.75 Å². The number of amides is 2. The molecule has 1 aliphatic rings. The molecule has 0 bridgehead atoms. The van der Waals surface area contributed by atoms with Crippen molar-refractivity contribution in [1.29, 1.82) is 0 Å². The van der Waals surface area contributed by atoms with E-state index in [9.17, 15) is 36.7 Å². The number of carboxylic acid groups (broad SMARTS) is 1. The molecule has 204 valence electrons. The summed E-state index contributed by atoms with van der Waals surface area (Å²) in [6.07, 6.45) is -0.896. The van der Waals surface area contributed by atoms with Crippen LogP contribution in [-0.4, -0.2) is 76.8 Å². The number of aliphatic carboxylic acids is 1. The zero-order valence-corrected chi connectivity index (χ0v) is 20.3. The van der Waals surface area contributed by atoms with E-state index in [1.165, 1.54) is 6.92 Å². The van der Waals surface area contributed by atoms with E-state index in [1.807, 2.05) is 30.3 Å². The number of benzene rings is 2. The third-order valence-electron chi connectivity index (χ3n) is 6.01. The Kier molecular flexibility index (Phi) is 9.40. The summed E-state index contributed by atoms with van der Waals surface area (Å²) in [6, 6.07) is 6.67. The maximum Gasteiger partial charge on any atom is 0.305 e. The van der Waals surface area contributed by atoms with Gasteiger partial charge in [-0.05, 0) is 12.5 Å². The van der Waals surface area contributed by atoms with E-state index in [-0.39, 0.29) is 18.5 Å². The molecule has 0 aromatic heterocycles. The van der Waals surface area contributed by atoms with Crippen LogP contribution in [0.25, 0.3) is 0 Å². The number of carbonyl (C=O) groups excluding carboxylic acids is 3. The van der Waals surface area contributed by atoms with Gasteiger partial charge in [-0.15, -0.1) is 0 Å². The lowest BCUT2D eigenvalue weighted by Crippen LogP contribution is -2.57. The van der Waals surface area contributed by atoms with E-state index in [1.54, 1.807) is 9.80 Å². The number of piperazine rings is 1. The molecule has 2 amide bonds. The topological polar surface area (TPSA) is 116 Å². The molecule has 9 nitrogen and oxygen atoms in total. The summed E-state index contributed by atoms with van der Waals surface area (Å²) in [5, 5.41) is 11.4. The van der Waals surface area contributed by atoms with Crippen molar-refractivity contribution in [2.24, 2.45) is 0 Å². The number of ketones is 1. The van der Waals surface area contributed by atoms with Gasteiger partial charge in [-0.1, -0.05) is 30.3 Å². The highest BCUT2D eigenvalue weighted by molar-refractivity contribution is 5.94. The molecule has 0 spiro atoms. The van der Waals surface area contributed by atoms with E-state index < -0.39 is 71.8 Å². The second-order valence-corrected chi connectivity index (χ2v) is 8.66. The predicted molar refractivity (Wildman–Crippen MR) is 124 cm³/mol. The fourth-order valence-electron chi connectivity index (χ4n) is 3.83. The van der Waals surface area contributed by atoms with Crippen LogP contribution < -0.4 is 10.1 Å². The average Bonchev–Trinajstić information content (AvgIpc) is 2.88. The van der Waals surface area contributed by atoms with Gasteiger partial charge in [-0.3, -0.25) is 24.1 Å². The first-order valence-electron chi connectivity index (χ1n) is 11.5. The van der Waals surface area contributed by atoms with Crippen molar-refractivity contribution in [1.82, 2.24) is 15.1 Å². The van der Waals surface area contributed by atoms with Gasteiger partial charge < -0.3 is 20.1 Å². The highest BCUT2D eigenvalue weighted by Gasteiger charge is 2.33. The molecule has 1 saturated heterocycles. The SMILES string of the molecule is C[C@@H](C(=O)N[C@@H](CC(=O)O)C(=O)COc1c(F)c(F)cc(F)c1F)N1CCN(Cc2ccccc2)C(=O)C1. The van der Waals surface area contributed by atoms with E-state index in [0.29, 0.717) is 19.6 Å². The number of ether oxygens (including phenoxy) is 1. The summed E-state index contributed by atoms with van der Waals surface area (Å²) < 4.78 is 58.9. The molecule has 0 aliphatic carbocycles. The summed E-state index contributed by atoms with van der Waals surface area (Å²) in [4.78, 5) is 52.4. The Balaban J connectivity index is 1.60. The van der Waals surface area contributed by atoms with Crippen LogP contribution in [0.2, 0.25) is 0 Å². The fourth-order valence-corrected chi connectivity index (χ4v) is 3.83. The largest absolute Gasteiger partial charge is 0.481 e. The molecular weight excluding hydrogens is 514 g/mol. The van der Waals surface area contributed by atoms with Gasteiger partial charge in [0, 0.05) is 25.7 Å². The Morgan fingerprint density at radius 2 is 1.68 bits per heavy atom. The third kappa shape index (κ3) is 7.06. The lowest BCUT2D eigenvalue weighted by atomic mass is 10.1. The molecule has 0 unspecified atom stereocenters. The lowest BCUT2D eigenvalue weighted by Gasteiger charge is -2.37. The van der Waals surface area contributed by atoms with Crippen molar-refractivity contribution in [2.45, 2.75) is 32.0 Å². The molecule has 2 aromatic rings. The minimum Gasteiger partial charge on any atom is -0.481 e. The molecule has 1 heterocycles. The van der Waals surface area contributed by atoms with Gasteiger partial charge in [0.1, 0.15) is 12.6 Å². The molecule has 2 N–H and O–H groups in total. The maximum atomic E-state index is 13.8. The van der Waals surface area contributed by atoms with Crippen molar-refractivity contribution >= 4 is 23.6 Å². The number of hydrogen-bond acceptors (Lipinski definition) is 6. The monoisotopic (exact) mass is 539 g/mol. The van der Waals surface area contributed by atoms with Crippen molar-refractivity contribution in [3.63, 3.8) is 0 Å². The number of halogens is 4. The minimum atomic E-state index is -1.87. The minimum absolute atomic E-state index is 0.0412. The van der Waals surface area contributed by atoms with Crippen molar-refractivity contribution in [3.8, 4) is 5.75 Å². The van der Waals surface area contributed by atoms with Crippen LogP contribution in [0.3, 0.4) is 0 Å². The Labute approximate surface area is 215 Å². The number of nitrogens with one attached hydrogen (secondary N) is 1. The highest BCUT2D eigenvalue weighted by atomic mass is 19.2.